The number of carbonyl (C=O) groups excluding carboxylic acids is 2. The van der Waals surface area contributed by atoms with Crippen LogP contribution in [0.15, 0.2) is 42.4 Å². The third-order valence-corrected chi connectivity index (χ3v) is 4.05. The fourth-order valence-corrected chi connectivity index (χ4v) is 2.83. The summed E-state index contributed by atoms with van der Waals surface area (Å²) in [4.78, 5) is 28.3. The molecule has 0 unspecified atom stereocenters. The quantitative estimate of drug-likeness (QED) is 0.535. The summed E-state index contributed by atoms with van der Waals surface area (Å²) >= 11 is 0. The Hall–Kier alpha value is -3.46. The number of amides is 2. The van der Waals surface area contributed by atoms with E-state index >= 15 is 0 Å². The number of rotatable bonds is 8. The van der Waals surface area contributed by atoms with Crippen LogP contribution in [0.4, 0.5) is 0 Å². The van der Waals surface area contributed by atoms with Crippen molar-refractivity contribution in [3.8, 4) is 11.4 Å². The van der Waals surface area contributed by atoms with E-state index in [1.807, 2.05) is 26.0 Å². The van der Waals surface area contributed by atoms with Crippen molar-refractivity contribution in [1.82, 2.24) is 25.2 Å². The van der Waals surface area contributed by atoms with Gasteiger partial charge < -0.3 is 9.47 Å². The molecule has 0 fully saturated rings. The van der Waals surface area contributed by atoms with Crippen LogP contribution in [0.5, 0.6) is 0 Å². The van der Waals surface area contributed by atoms with Crippen LogP contribution < -0.4 is 5.43 Å². The Labute approximate surface area is 168 Å². The van der Waals surface area contributed by atoms with E-state index in [-0.39, 0.29) is 12.5 Å². The molecule has 1 aromatic heterocycles. The monoisotopic (exact) mass is 397 g/mol. The second kappa shape index (κ2) is 9.16. The largest absolute Gasteiger partial charge is 0.493 e. The van der Waals surface area contributed by atoms with Crippen molar-refractivity contribution in [2.45, 2.75) is 13.8 Å². The van der Waals surface area contributed by atoms with Gasteiger partial charge in [0.15, 0.2) is 5.82 Å². The molecule has 9 heteroatoms. The number of benzene rings is 1. The number of nitrogens with zero attached hydrogens (tertiary/aromatic N) is 4. The summed E-state index contributed by atoms with van der Waals surface area (Å²) < 4.78 is 11.7. The Kier molecular flexibility index (Phi) is 6.40. The van der Waals surface area contributed by atoms with Crippen LogP contribution in [0, 0.1) is 13.8 Å². The van der Waals surface area contributed by atoms with E-state index in [1.165, 1.54) is 34.4 Å². The minimum absolute atomic E-state index is 0.169. The third-order valence-electron chi connectivity index (χ3n) is 4.05. The number of carbonyl (C=O) groups is 2. The van der Waals surface area contributed by atoms with E-state index < -0.39 is 5.91 Å². The lowest BCUT2D eigenvalue weighted by Gasteiger charge is -2.16. The Morgan fingerprint density at radius 1 is 1.24 bits per heavy atom. The van der Waals surface area contributed by atoms with Gasteiger partial charge in [0, 0.05) is 31.0 Å². The number of hydrazine groups is 1. The van der Waals surface area contributed by atoms with Crippen LogP contribution in [0.2, 0.25) is 0 Å². The molecule has 0 atom stereocenters. The SMILES string of the molecule is COCCOC1=CC(=O)N(NC(=O)/C=C\n2cnc(-c3cc(C)cc(C)c3)n2)C1. The Morgan fingerprint density at radius 2 is 2.00 bits per heavy atom. The zero-order valence-corrected chi connectivity index (χ0v) is 16.6. The lowest BCUT2D eigenvalue weighted by atomic mass is 10.1. The summed E-state index contributed by atoms with van der Waals surface area (Å²) in [6.45, 7) is 4.96. The molecule has 2 heterocycles. The standard InChI is InChI=1S/C20H23N5O4/c1-14-8-15(2)10-16(9-14)20-21-13-24(23-20)5-4-18(26)22-25-12-17(11-19(25)27)29-7-6-28-3/h4-5,8-11,13H,6-7,12H2,1-3H3,(H,22,26)/b5-4-. The lowest BCUT2D eigenvalue weighted by molar-refractivity contribution is -0.134. The van der Waals surface area contributed by atoms with Gasteiger partial charge in [-0.15, -0.1) is 5.10 Å². The summed E-state index contributed by atoms with van der Waals surface area (Å²) in [7, 11) is 1.57. The third kappa shape index (κ3) is 5.52. The molecule has 0 radical (unpaired) electrons. The molecular weight excluding hydrogens is 374 g/mol. The van der Waals surface area contributed by atoms with Gasteiger partial charge in [-0.05, 0) is 26.0 Å². The molecule has 3 rings (SSSR count). The normalized spacial score (nSPS) is 13.8. The molecule has 2 amide bonds. The fraction of sp³-hybridized carbons (Fsp3) is 0.300. The molecule has 1 aliphatic rings. The van der Waals surface area contributed by atoms with Crippen LogP contribution in [-0.2, 0) is 19.1 Å². The van der Waals surface area contributed by atoms with Gasteiger partial charge >= 0.3 is 0 Å². The number of aryl methyl sites for hydroxylation is 2. The molecular formula is C20H23N5O4. The van der Waals surface area contributed by atoms with E-state index in [2.05, 4.69) is 21.6 Å². The molecule has 152 valence electrons. The Bertz CT molecular complexity index is 943. The predicted octanol–water partition coefficient (Wildman–Crippen LogP) is 1.45. The maximum absolute atomic E-state index is 12.1. The minimum Gasteiger partial charge on any atom is -0.493 e. The van der Waals surface area contributed by atoms with Gasteiger partial charge in [-0.3, -0.25) is 15.0 Å². The van der Waals surface area contributed by atoms with Crippen molar-refractivity contribution in [3.05, 3.63) is 53.6 Å². The van der Waals surface area contributed by atoms with Gasteiger partial charge in [-0.1, -0.05) is 17.2 Å². The van der Waals surface area contributed by atoms with Gasteiger partial charge in [-0.2, -0.15) is 0 Å². The summed E-state index contributed by atoms with van der Waals surface area (Å²) in [6, 6.07) is 6.08. The first-order chi connectivity index (χ1) is 13.9. The summed E-state index contributed by atoms with van der Waals surface area (Å²) in [5, 5.41) is 5.53. The molecule has 1 N–H and O–H groups in total. The van der Waals surface area contributed by atoms with Crippen molar-refractivity contribution in [2.75, 3.05) is 26.9 Å². The second-order valence-electron chi connectivity index (χ2n) is 6.59. The van der Waals surface area contributed by atoms with Crippen LogP contribution in [0.25, 0.3) is 17.6 Å². The first-order valence-electron chi connectivity index (χ1n) is 9.07. The summed E-state index contributed by atoms with van der Waals surface area (Å²) in [6.07, 6.45) is 5.60. The van der Waals surface area contributed by atoms with Gasteiger partial charge in [0.05, 0.1) is 6.61 Å². The Balaban J connectivity index is 1.55. The van der Waals surface area contributed by atoms with Crippen molar-refractivity contribution in [2.24, 2.45) is 0 Å². The van der Waals surface area contributed by atoms with E-state index in [0.29, 0.717) is 24.8 Å². The van der Waals surface area contributed by atoms with E-state index in [1.54, 1.807) is 7.11 Å². The molecule has 0 aliphatic carbocycles. The molecule has 1 aromatic carbocycles. The summed E-state index contributed by atoms with van der Waals surface area (Å²) in [5.74, 6) is 0.231. The molecule has 0 saturated carbocycles. The number of hydrogen-bond donors (Lipinski definition) is 1. The van der Waals surface area contributed by atoms with Crippen LogP contribution >= 0.6 is 0 Å². The van der Waals surface area contributed by atoms with Crippen molar-refractivity contribution in [3.63, 3.8) is 0 Å². The number of hydrogen-bond acceptors (Lipinski definition) is 6. The number of ether oxygens (including phenoxy) is 2. The van der Waals surface area contributed by atoms with E-state index in [0.717, 1.165) is 16.7 Å². The van der Waals surface area contributed by atoms with E-state index in [9.17, 15) is 9.59 Å². The predicted molar refractivity (Wildman–Crippen MR) is 106 cm³/mol. The van der Waals surface area contributed by atoms with Crippen LogP contribution in [-0.4, -0.2) is 58.5 Å². The highest BCUT2D eigenvalue weighted by atomic mass is 16.5. The molecule has 2 aromatic rings. The number of aromatic nitrogens is 3. The maximum atomic E-state index is 12.1. The molecule has 0 spiro atoms. The van der Waals surface area contributed by atoms with Crippen LogP contribution in [0.1, 0.15) is 11.1 Å². The van der Waals surface area contributed by atoms with Gasteiger partial charge in [0.2, 0.25) is 0 Å². The Morgan fingerprint density at radius 3 is 2.72 bits per heavy atom. The second-order valence-corrected chi connectivity index (χ2v) is 6.59. The lowest BCUT2D eigenvalue weighted by Crippen LogP contribution is -2.43. The number of methoxy groups -OCH3 is 1. The molecule has 0 bridgehead atoms. The van der Waals surface area contributed by atoms with Gasteiger partial charge in [0.25, 0.3) is 11.8 Å². The molecule has 0 saturated heterocycles. The number of nitrogens with one attached hydrogen (secondary N) is 1. The van der Waals surface area contributed by atoms with Crippen molar-refractivity contribution >= 4 is 18.0 Å². The van der Waals surface area contributed by atoms with Gasteiger partial charge in [-0.25, -0.2) is 14.7 Å². The molecule has 9 nitrogen and oxygen atoms in total. The molecule has 1 aliphatic heterocycles. The minimum atomic E-state index is -0.464. The van der Waals surface area contributed by atoms with Crippen molar-refractivity contribution in [1.29, 1.82) is 0 Å². The first-order valence-corrected chi connectivity index (χ1v) is 9.07. The average Bonchev–Trinajstić information content (AvgIpc) is 3.27. The average molecular weight is 397 g/mol. The highest BCUT2D eigenvalue weighted by molar-refractivity contribution is 5.95. The highest BCUT2D eigenvalue weighted by Gasteiger charge is 2.23. The summed E-state index contributed by atoms with van der Waals surface area (Å²) in [5.41, 5.74) is 5.67. The fourth-order valence-electron chi connectivity index (χ4n) is 2.83. The highest BCUT2D eigenvalue weighted by Crippen LogP contribution is 2.18. The van der Waals surface area contributed by atoms with Crippen molar-refractivity contribution < 1.29 is 19.1 Å². The topological polar surface area (TPSA) is 98.6 Å². The zero-order chi connectivity index (χ0) is 20.8. The van der Waals surface area contributed by atoms with Crippen LogP contribution in [0.3, 0.4) is 0 Å². The smallest absolute Gasteiger partial charge is 0.268 e. The zero-order valence-electron chi connectivity index (χ0n) is 16.6. The van der Waals surface area contributed by atoms with Gasteiger partial charge in [0.1, 0.15) is 25.2 Å². The van der Waals surface area contributed by atoms with E-state index in [4.69, 9.17) is 9.47 Å². The maximum Gasteiger partial charge on any atom is 0.268 e. The first kappa shape index (κ1) is 20.3. The molecule has 29 heavy (non-hydrogen) atoms.